The Balaban J connectivity index is 2.81. The van der Waals surface area contributed by atoms with Crippen molar-refractivity contribution in [3.05, 3.63) is 27.9 Å². The van der Waals surface area contributed by atoms with Crippen LogP contribution in [0.25, 0.3) is 0 Å². The van der Waals surface area contributed by atoms with Crippen molar-refractivity contribution in [2.45, 2.75) is 6.92 Å². The van der Waals surface area contributed by atoms with Gasteiger partial charge in [0.2, 0.25) is 0 Å². The fraction of sp³-hybridized carbons (Fsp3) is 0.444. The first-order chi connectivity index (χ1) is 7.15. The molecule has 1 N–H and O–H groups in total. The third kappa shape index (κ3) is 3.17. The van der Waals surface area contributed by atoms with E-state index in [4.69, 9.17) is 4.74 Å². The smallest absolute Gasteiger partial charge is 0.331 e. The maximum atomic E-state index is 10.7. The van der Waals surface area contributed by atoms with E-state index >= 15 is 0 Å². The van der Waals surface area contributed by atoms with E-state index in [1.807, 2.05) is 0 Å². The fourth-order valence-corrected chi connectivity index (χ4v) is 1.03. The summed E-state index contributed by atoms with van der Waals surface area (Å²) in [6.07, 6.45) is 1.54. The van der Waals surface area contributed by atoms with E-state index < -0.39 is 4.92 Å². The van der Waals surface area contributed by atoms with Gasteiger partial charge in [-0.25, -0.2) is 4.98 Å². The SMILES string of the molecule is CNCCOc1ncc(C)cc1[N+](=O)[O-]. The molecule has 0 aliphatic rings. The molecule has 0 saturated heterocycles. The molecule has 0 unspecified atom stereocenters. The molecule has 1 heterocycles. The lowest BCUT2D eigenvalue weighted by Crippen LogP contribution is -2.16. The molecule has 0 radical (unpaired) electrons. The monoisotopic (exact) mass is 211 g/mol. The second-order valence-electron chi connectivity index (χ2n) is 3.05. The van der Waals surface area contributed by atoms with Gasteiger partial charge in [0.05, 0.1) is 4.92 Å². The number of hydrogen-bond acceptors (Lipinski definition) is 5. The van der Waals surface area contributed by atoms with Crippen molar-refractivity contribution in [1.82, 2.24) is 10.3 Å². The average Bonchev–Trinajstić information content (AvgIpc) is 2.20. The van der Waals surface area contributed by atoms with Crippen molar-refractivity contribution in [2.75, 3.05) is 20.2 Å². The first-order valence-electron chi connectivity index (χ1n) is 4.53. The highest BCUT2D eigenvalue weighted by Crippen LogP contribution is 2.24. The van der Waals surface area contributed by atoms with E-state index in [-0.39, 0.29) is 11.6 Å². The van der Waals surface area contributed by atoms with E-state index in [9.17, 15) is 10.1 Å². The first-order valence-corrected chi connectivity index (χ1v) is 4.53. The molecule has 0 aromatic carbocycles. The van der Waals surface area contributed by atoms with Crippen molar-refractivity contribution < 1.29 is 9.66 Å². The second kappa shape index (κ2) is 5.26. The zero-order chi connectivity index (χ0) is 11.3. The molecule has 1 aromatic heterocycles. The van der Waals surface area contributed by atoms with E-state index in [1.165, 1.54) is 6.07 Å². The lowest BCUT2D eigenvalue weighted by molar-refractivity contribution is -0.386. The second-order valence-corrected chi connectivity index (χ2v) is 3.05. The summed E-state index contributed by atoms with van der Waals surface area (Å²) in [4.78, 5) is 14.1. The standard InChI is InChI=1S/C9H13N3O3/c1-7-5-8(12(13)14)9(11-6-7)15-4-3-10-2/h5-6,10H,3-4H2,1-2H3. The van der Waals surface area contributed by atoms with Crippen LogP contribution >= 0.6 is 0 Å². The number of pyridine rings is 1. The van der Waals surface area contributed by atoms with Crippen molar-refractivity contribution in [3.8, 4) is 5.88 Å². The zero-order valence-corrected chi connectivity index (χ0v) is 8.69. The third-order valence-corrected chi connectivity index (χ3v) is 1.76. The van der Waals surface area contributed by atoms with E-state index in [0.717, 1.165) is 5.56 Å². The van der Waals surface area contributed by atoms with Crippen molar-refractivity contribution >= 4 is 5.69 Å². The zero-order valence-electron chi connectivity index (χ0n) is 8.69. The molecule has 0 atom stereocenters. The van der Waals surface area contributed by atoms with Gasteiger partial charge in [0.15, 0.2) is 0 Å². The van der Waals surface area contributed by atoms with Gasteiger partial charge in [0.1, 0.15) is 6.61 Å². The number of rotatable bonds is 5. The number of nitro groups is 1. The van der Waals surface area contributed by atoms with Gasteiger partial charge in [-0.3, -0.25) is 10.1 Å². The quantitative estimate of drug-likeness (QED) is 0.444. The number of aromatic nitrogens is 1. The lowest BCUT2D eigenvalue weighted by atomic mass is 10.3. The molecule has 0 aliphatic carbocycles. The molecule has 0 amide bonds. The largest absolute Gasteiger partial charge is 0.471 e. The van der Waals surface area contributed by atoms with Gasteiger partial charge in [-0.1, -0.05) is 0 Å². The number of likely N-dealkylation sites (N-methyl/N-ethyl adjacent to an activating group) is 1. The highest BCUT2D eigenvalue weighted by Gasteiger charge is 2.16. The summed E-state index contributed by atoms with van der Waals surface area (Å²) in [6.45, 7) is 2.72. The summed E-state index contributed by atoms with van der Waals surface area (Å²) < 4.78 is 5.18. The van der Waals surface area contributed by atoms with E-state index in [2.05, 4.69) is 10.3 Å². The molecule has 0 fully saturated rings. The Morgan fingerprint density at radius 2 is 2.40 bits per heavy atom. The van der Waals surface area contributed by atoms with Crippen LogP contribution in [-0.2, 0) is 0 Å². The Labute approximate surface area is 87.4 Å². The molecule has 1 rings (SSSR count). The number of nitrogens with zero attached hydrogens (tertiary/aromatic N) is 2. The van der Waals surface area contributed by atoms with Crippen LogP contribution < -0.4 is 10.1 Å². The van der Waals surface area contributed by atoms with Crippen molar-refractivity contribution in [2.24, 2.45) is 0 Å². The fourth-order valence-electron chi connectivity index (χ4n) is 1.03. The van der Waals surface area contributed by atoms with E-state index in [1.54, 1.807) is 20.2 Å². The highest BCUT2D eigenvalue weighted by molar-refractivity contribution is 5.42. The maximum Gasteiger partial charge on any atom is 0.331 e. The van der Waals surface area contributed by atoms with Gasteiger partial charge in [-0.15, -0.1) is 0 Å². The molecule has 0 aliphatic heterocycles. The molecule has 15 heavy (non-hydrogen) atoms. The molecule has 0 saturated carbocycles. The molecule has 1 aromatic rings. The van der Waals surface area contributed by atoms with Gasteiger partial charge in [-0.05, 0) is 19.5 Å². The Morgan fingerprint density at radius 1 is 1.67 bits per heavy atom. The third-order valence-electron chi connectivity index (χ3n) is 1.76. The predicted molar refractivity (Wildman–Crippen MR) is 55.1 cm³/mol. The predicted octanol–water partition coefficient (Wildman–Crippen LogP) is 0.896. The minimum atomic E-state index is -0.491. The summed E-state index contributed by atoms with van der Waals surface area (Å²) in [7, 11) is 1.78. The van der Waals surface area contributed by atoms with Crippen LogP contribution in [0.3, 0.4) is 0 Å². The molecule has 82 valence electrons. The van der Waals surface area contributed by atoms with E-state index in [0.29, 0.717) is 13.2 Å². The van der Waals surface area contributed by atoms with Crippen LogP contribution in [0.2, 0.25) is 0 Å². The van der Waals surface area contributed by atoms with Gasteiger partial charge in [0, 0.05) is 18.8 Å². The van der Waals surface area contributed by atoms with Gasteiger partial charge >= 0.3 is 5.69 Å². The number of aryl methyl sites for hydroxylation is 1. The van der Waals surface area contributed by atoms with Gasteiger partial charge in [0.25, 0.3) is 5.88 Å². The van der Waals surface area contributed by atoms with Crippen molar-refractivity contribution in [3.63, 3.8) is 0 Å². The summed E-state index contributed by atoms with van der Waals surface area (Å²) in [5.74, 6) is 0.0702. The average molecular weight is 211 g/mol. The molecule has 6 nitrogen and oxygen atoms in total. The van der Waals surface area contributed by atoms with Crippen LogP contribution in [0.4, 0.5) is 5.69 Å². The van der Waals surface area contributed by atoms with Gasteiger partial charge < -0.3 is 10.1 Å². The van der Waals surface area contributed by atoms with Crippen LogP contribution in [0.5, 0.6) is 5.88 Å². The summed E-state index contributed by atoms with van der Waals surface area (Å²) in [5.41, 5.74) is 0.647. The number of ether oxygens (including phenoxy) is 1. The van der Waals surface area contributed by atoms with Crippen LogP contribution in [0.15, 0.2) is 12.3 Å². The highest BCUT2D eigenvalue weighted by atomic mass is 16.6. The van der Waals surface area contributed by atoms with Crippen LogP contribution in [0.1, 0.15) is 5.56 Å². The minimum Gasteiger partial charge on any atom is -0.471 e. The maximum absolute atomic E-state index is 10.7. The topological polar surface area (TPSA) is 77.3 Å². The number of hydrogen-bond donors (Lipinski definition) is 1. The molecular weight excluding hydrogens is 198 g/mol. The molecule has 6 heteroatoms. The summed E-state index contributed by atoms with van der Waals surface area (Å²) >= 11 is 0. The Kier molecular flexibility index (Phi) is 3.99. The number of nitrogens with one attached hydrogen (secondary N) is 1. The van der Waals surface area contributed by atoms with Crippen LogP contribution in [-0.4, -0.2) is 30.1 Å². The Morgan fingerprint density at radius 3 is 3.00 bits per heavy atom. The minimum absolute atomic E-state index is 0.0702. The first kappa shape index (κ1) is 11.4. The molecular formula is C9H13N3O3. The molecule has 0 spiro atoms. The normalized spacial score (nSPS) is 10.0. The summed E-state index contributed by atoms with van der Waals surface area (Å²) in [5, 5.41) is 13.6. The Bertz CT molecular complexity index is 354. The summed E-state index contributed by atoms with van der Waals surface area (Å²) in [6, 6.07) is 1.45. The lowest BCUT2D eigenvalue weighted by Gasteiger charge is -2.05. The molecule has 0 bridgehead atoms. The Hall–Kier alpha value is -1.69. The van der Waals surface area contributed by atoms with Crippen LogP contribution in [0, 0.1) is 17.0 Å². The van der Waals surface area contributed by atoms with Crippen molar-refractivity contribution in [1.29, 1.82) is 0 Å². The van der Waals surface area contributed by atoms with Gasteiger partial charge in [-0.2, -0.15) is 0 Å².